The molecule has 0 aliphatic rings. The molecule has 0 aromatic rings. The van der Waals surface area contributed by atoms with Crippen molar-refractivity contribution >= 4 is 0 Å². The zero-order valence-corrected chi connectivity index (χ0v) is 28.8. The number of rotatable bonds is 34. The lowest BCUT2D eigenvalue weighted by atomic mass is 9.95. The van der Waals surface area contributed by atoms with Crippen molar-refractivity contribution in [3.05, 3.63) is 0 Å². The maximum absolute atomic E-state index is 10.6. The minimum absolute atomic E-state index is 0.184. The Bertz CT molecular complexity index is 440. The second-order valence-electron chi connectivity index (χ2n) is 13.5. The van der Waals surface area contributed by atoms with Gasteiger partial charge in [-0.2, -0.15) is 0 Å². The van der Waals surface area contributed by atoms with E-state index >= 15 is 0 Å². The molecule has 4 atom stereocenters. The Morgan fingerprint density at radius 3 is 0.927 bits per heavy atom. The van der Waals surface area contributed by atoms with Crippen LogP contribution in [0.15, 0.2) is 0 Å². The Morgan fingerprint density at radius 1 is 0.390 bits per heavy atom. The minimum atomic E-state index is -0.184. The van der Waals surface area contributed by atoms with Gasteiger partial charge in [-0.1, -0.05) is 182 Å². The molecule has 0 bridgehead atoms. The van der Waals surface area contributed by atoms with Gasteiger partial charge in [0.05, 0.1) is 12.2 Å². The summed E-state index contributed by atoms with van der Waals surface area (Å²) < 4.78 is 6.14. The summed E-state index contributed by atoms with van der Waals surface area (Å²) in [5.74, 6) is 0.882. The van der Waals surface area contributed by atoms with Gasteiger partial charge < -0.3 is 14.9 Å². The third kappa shape index (κ3) is 29.7. The SMILES string of the molecule is CCCCCCCCCCCCCC(O)CC(CC)COCC(CC)CC(O)CCCCCCCCCCCCC. The summed E-state index contributed by atoms with van der Waals surface area (Å²) in [6.45, 7) is 10.5. The highest BCUT2D eigenvalue weighted by Gasteiger charge is 2.16. The molecule has 0 saturated heterocycles. The van der Waals surface area contributed by atoms with E-state index in [1.165, 1.54) is 128 Å². The number of aliphatic hydroxyl groups excluding tert-OH is 2. The fraction of sp³-hybridized carbons (Fsp3) is 1.00. The van der Waals surface area contributed by atoms with Gasteiger partial charge in [-0.25, -0.2) is 0 Å². The molecule has 2 N–H and O–H groups in total. The highest BCUT2D eigenvalue weighted by molar-refractivity contribution is 4.67. The molecule has 0 spiro atoms. The summed E-state index contributed by atoms with van der Waals surface area (Å²) in [5, 5.41) is 21.2. The highest BCUT2D eigenvalue weighted by atomic mass is 16.5. The van der Waals surface area contributed by atoms with Gasteiger partial charge in [0.2, 0.25) is 0 Å². The molecular weight excluding hydrogens is 504 g/mol. The van der Waals surface area contributed by atoms with Crippen molar-refractivity contribution in [3.8, 4) is 0 Å². The van der Waals surface area contributed by atoms with Gasteiger partial charge in [0.25, 0.3) is 0 Å². The quantitative estimate of drug-likeness (QED) is 0.0742. The van der Waals surface area contributed by atoms with Gasteiger partial charge in [-0.05, 0) is 37.5 Å². The molecule has 0 rings (SSSR count). The smallest absolute Gasteiger partial charge is 0.0543 e. The van der Waals surface area contributed by atoms with Crippen molar-refractivity contribution in [2.45, 2.75) is 220 Å². The second kappa shape index (κ2) is 32.8. The molecule has 0 radical (unpaired) electrons. The lowest BCUT2D eigenvalue weighted by molar-refractivity contribution is 0.0304. The fourth-order valence-electron chi connectivity index (χ4n) is 6.20. The fourth-order valence-corrected chi connectivity index (χ4v) is 6.20. The zero-order valence-electron chi connectivity index (χ0n) is 28.8. The first-order chi connectivity index (χ1) is 20.1. The van der Waals surface area contributed by atoms with E-state index in [-0.39, 0.29) is 12.2 Å². The molecule has 4 unspecified atom stereocenters. The van der Waals surface area contributed by atoms with Crippen molar-refractivity contribution < 1.29 is 14.9 Å². The minimum Gasteiger partial charge on any atom is -0.393 e. The number of unbranched alkanes of at least 4 members (excludes halogenated alkanes) is 20. The van der Waals surface area contributed by atoms with E-state index in [1.807, 2.05) is 0 Å². The molecule has 0 fully saturated rings. The maximum Gasteiger partial charge on any atom is 0.0543 e. The Morgan fingerprint density at radius 2 is 0.659 bits per heavy atom. The lowest BCUT2D eigenvalue weighted by Gasteiger charge is -2.22. The molecule has 3 nitrogen and oxygen atoms in total. The van der Waals surface area contributed by atoms with Gasteiger partial charge in [0.15, 0.2) is 0 Å². The van der Waals surface area contributed by atoms with Gasteiger partial charge in [-0.3, -0.25) is 0 Å². The molecule has 0 aliphatic carbocycles. The summed E-state index contributed by atoms with van der Waals surface area (Å²) in [4.78, 5) is 0. The predicted octanol–water partition coefficient (Wildman–Crippen LogP) is 12.0. The van der Waals surface area contributed by atoms with Crippen LogP contribution in [0.25, 0.3) is 0 Å². The van der Waals surface area contributed by atoms with Crippen LogP contribution >= 0.6 is 0 Å². The van der Waals surface area contributed by atoms with Crippen LogP contribution in [0.3, 0.4) is 0 Å². The van der Waals surface area contributed by atoms with E-state index in [9.17, 15) is 10.2 Å². The second-order valence-corrected chi connectivity index (χ2v) is 13.5. The van der Waals surface area contributed by atoms with Gasteiger partial charge >= 0.3 is 0 Å². The van der Waals surface area contributed by atoms with Crippen LogP contribution in [-0.2, 0) is 4.74 Å². The van der Waals surface area contributed by atoms with Crippen LogP contribution in [0.1, 0.15) is 207 Å². The van der Waals surface area contributed by atoms with E-state index in [4.69, 9.17) is 4.74 Å². The summed E-state index contributed by atoms with van der Waals surface area (Å²) >= 11 is 0. The highest BCUT2D eigenvalue weighted by Crippen LogP contribution is 2.20. The largest absolute Gasteiger partial charge is 0.393 e. The normalized spacial score (nSPS) is 14.8. The van der Waals surface area contributed by atoms with Crippen LogP contribution in [-0.4, -0.2) is 35.6 Å². The summed E-state index contributed by atoms with van der Waals surface area (Å²) in [5.41, 5.74) is 0. The summed E-state index contributed by atoms with van der Waals surface area (Å²) in [7, 11) is 0. The van der Waals surface area contributed by atoms with Crippen molar-refractivity contribution in [1.82, 2.24) is 0 Å². The van der Waals surface area contributed by atoms with Crippen molar-refractivity contribution in [3.63, 3.8) is 0 Å². The first-order valence-electron chi connectivity index (χ1n) is 19.0. The average molecular weight is 583 g/mol. The van der Waals surface area contributed by atoms with Crippen LogP contribution in [0.5, 0.6) is 0 Å². The Hall–Kier alpha value is -0.120. The van der Waals surface area contributed by atoms with Crippen molar-refractivity contribution in [2.24, 2.45) is 11.8 Å². The van der Waals surface area contributed by atoms with E-state index in [2.05, 4.69) is 27.7 Å². The predicted molar refractivity (Wildman–Crippen MR) is 182 cm³/mol. The first kappa shape index (κ1) is 40.9. The molecular formula is C38H78O3. The average Bonchev–Trinajstić information content (AvgIpc) is 2.97. The summed E-state index contributed by atoms with van der Waals surface area (Å²) in [6.07, 6.45) is 35.1. The van der Waals surface area contributed by atoms with Crippen molar-refractivity contribution in [2.75, 3.05) is 13.2 Å². The third-order valence-electron chi connectivity index (χ3n) is 9.35. The van der Waals surface area contributed by atoms with Crippen LogP contribution in [0, 0.1) is 11.8 Å². The molecule has 41 heavy (non-hydrogen) atoms. The lowest BCUT2D eigenvalue weighted by Crippen LogP contribution is -2.21. The number of aliphatic hydroxyl groups is 2. The Labute approximate surface area is 259 Å². The third-order valence-corrected chi connectivity index (χ3v) is 9.35. The Kier molecular flexibility index (Phi) is 32.7. The molecule has 0 saturated carbocycles. The van der Waals surface area contributed by atoms with Gasteiger partial charge in [0, 0.05) is 13.2 Å². The van der Waals surface area contributed by atoms with Gasteiger partial charge in [-0.15, -0.1) is 0 Å². The first-order valence-corrected chi connectivity index (χ1v) is 19.0. The molecule has 0 aromatic carbocycles. The molecule has 0 amide bonds. The topological polar surface area (TPSA) is 49.7 Å². The van der Waals surface area contributed by atoms with E-state index in [0.29, 0.717) is 11.8 Å². The van der Waals surface area contributed by atoms with E-state index in [0.717, 1.165) is 64.6 Å². The molecule has 0 aromatic heterocycles. The standard InChI is InChI=1S/C38H78O3/c1-5-9-11-13-15-17-19-21-23-25-27-29-37(39)31-35(7-3)33-41-34-36(8-4)32-38(40)30-28-26-24-22-20-18-16-14-12-10-6-2/h35-40H,5-34H2,1-4H3. The monoisotopic (exact) mass is 583 g/mol. The molecule has 3 heteroatoms. The van der Waals surface area contributed by atoms with Crippen LogP contribution in [0.4, 0.5) is 0 Å². The summed E-state index contributed by atoms with van der Waals surface area (Å²) in [6, 6.07) is 0. The zero-order chi connectivity index (χ0) is 30.2. The number of hydrogen-bond acceptors (Lipinski definition) is 3. The van der Waals surface area contributed by atoms with Crippen LogP contribution < -0.4 is 0 Å². The Balaban J connectivity index is 3.76. The number of hydrogen-bond donors (Lipinski definition) is 2. The van der Waals surface area contributed by atoms with E-state index in [1.54, 1.807) is 0 Å². The van der Waals surface area contributed by atoms with Gasteiger partial charge in [0.1, 0.15) is 0 Å². The molecule has 248 valence electrons. The maximum atomic E-state index is 10.6. The van der Waals surface area contributed by atoms with Crippen molar-refractivity contribution in [1.29, 1.82) is 0 Å². The number of ether oxygens (including phenoxy) is 1. The van der Waals surface area contributed by atoms with E-state index < -0.39 is 0 Å². The molecule has 0 heterocycles. The van der Waals surface area contributed by atoms with Crippen LogP contribution in [0.2, 0.25) is 0 Å². The molecule has 0 aliphatic heterocycles.